The molecule has 0 radical (unpaired) electrons. The lowest BCUT2D eigenvalue weighted by atomic mass is 10.2. The Morgan fingerprint density at radius 3 is 2.71 bits per heavy atom. The van der Waals surface area contributed by atoms with Gasteiger partial charge in [0.1, 0.15) is 12.4 Å². The summed E-state index contributed by atoms with van der Waals surface area (Å²) in [5.41, 5.74) is 0. The van der Waals surface area contributed by atoms with Gasteiger partial charge in [-0.15, -0.1) is 0 Å². The first kappa shape index (κ1) is 14.5. The van der Waals surface area contributed by atoms with Crippen LogP contribution in [0.25, 0.3) is 0 Å². The van der Waals surface area contributed by atoms with Crippen molar-refractivity contribution in [1.29, 1.82) is 0 Å². The molecule has 0 N–H and O–H groups in total. The van der Waals surface area contributed by atoms with Crippen LogP contribution in [0, 0.1) is 0 Å². The van der Waals surface area contributed by atoms with Crippen LogP contribution < -0.4 is 4.74 Å². The predicted octanol–water partition coefficient (Wildman–Crippen LogP) is 3.95. The smallest absolute Gasteiger partial charge is 0.120 e. The Bertz CT molecular complexity index is 330. The second kappa shape index (κ2) is 7.72. The van der Waals surface area contributed by atoms with Gasteiger partial charge in [0.25, 0.3) is 0 Å². The zero-order valence-corrected chi connectivity index (χ0v) is 12.5. The van der Waals surface area contributed by atoms with Gasteiger partial charge in [-0.25, -0.2) is 0 Å². The van der Waals surface area contributed by atoms with E-state index in [1.165, 1.54) is 6.42 Å². The van der Waals surface area contributed by atoms with Gasteiger partial charge in [-0.05, 0) is 38.1 Å². The summed E-state index contributed by atoms with van der Waals surface area (Å²) in [5, 5.41) is 0. The monoisotopic (exact) mass is 299 g/mol. The molecule has 0 bridgehead atoms. The van der Waals surface area contributed by atoms with E-state index in [4.69, 9.17) is 4.74 Å². The van der Waals surface area contributed by atoms with Crippen molar-refractivity contribution in [3.05, 3.63) is 28.7 Å². The third kappa shape index (κ3) is 5.09. The number of rotatable bonds is 7. The van der Waals surface area contributed by atoms with Gasteiger partial charge in [0.2, 0.25) is 0 Å². The largest absolute Gasteiger partial charge is 0.492 e. The van der Waals surface area contributed by atoms with Crippen LogP contribution in [0.5, 0.6) is 5.75 Å². The van der Waals surface area contributed by atoms with Crippen molar-refractivity contribution in [2.75, 3.05) is 19.7 Å². The molecule has 0 heterocycles. The van der Waals surface area contributed by atoms with E-state index in [0.29, 0.717) is 6.04 Å². The maximum absolute atomic E-state index is 5.74. The summed E-state index contributed by atoms with van der Waals surface area (Å²) in [4.78, 5) is 2.44. The molecule has 0 aliphatic rings. The van der Waals surface area contributed by atoms with Crippen LogP contribution in [-0.4, -0.2) is 30.6 Å². The molecule has 0 aromatic heterocycles. The van der Waals surface area contributed by atoms with Crippen LogP contribution in [0.4, 0.5) is 0 Å². The molecular weight excluding hydrogens is 278 g/mol. The normalized spacial score (nSPS) is 12.8. The average Bonchev–Trinajstić information content (AvgIpc) is 2.34. The van der Waals surface area contributed by atoms with Gasteiger partial charge in [0.15, 0.2) is 0 Å². The summed E-state index contributed by atoms with van der Waals surface area (Å²) in [5.74, 6) is 0.930. The minimum Gasteiger partial charge on any atom is -0.492 e. The predicted molar refractivity (Wildman–Crippen MR) is 76.6 cm³/mol. The number of hydrogen-bond donors (Lipinski definition) is 0. The average molecular weight is 300 g/mol. The quantitative estimate of drug-likeness (QED) is 0.756. The summed E-state index contributed by atoms with van der Waals surface area (Å²) >= 11 is 3.44. The minimum atomic E-state index is 0.631. The van der Waals surface area contributed by atoms with Gasteiger partial charge in [-0.2, -0.15) is 0 Å². The second-order valence-electron chi connectivity index (χ2n) is 4.19. The summed E-state index contributed by atoms with van der Waals surface area (Å²) in [6, 6.07) is 8.62. The molecule has 0 spiro atoms. The third-order valence-electron chi connectivity index (χ3n) is 3.06. The molecule has 1 rings (SSSR count). The second-order valence-corrected chi connectivity index (χ2v) is 5.11. The number of halogens is 1. The Hall–Kier alpha value is -0.540. The van der Waals surface area contributed by atoms with Gasteiger partial charge >= 0.3 is 0 Å². The van der Waals surface area contributed by atoms with Crippen molar-refractivity contribution in [2.45, 2.75) is 33.2 Å². The van der Waals surface area contributed by atoms with Gasteiger partial charge in [-0.1, -0.05) is 35.8 Å². The Kier molecular flexibility index (Phi) is 6.60. The standard InChI is InChI=1S/C14H22BrNO/c1-4-12(3)16(5-2)9-10-17-14-8-6-7-13(15)11-14/h6-8,11-12H,4-5,9-10H2,1-3H3. The van der Waals surface area contributed by atoms with E-state index in [0.717, 1.165) is 29.9 Å². The molecule has 0 fully saturated rings. The first-order valence-electron chi connectivity index (χ1n) is 6.29. The van der Waals surface area contributed by atoms with Crippen molar-refractivity contribution >= 4 is 15.9 Å². The van der Waals surface area contributed by atoms with Crippen molar-refractivity contribution in [2.24, 2.45) is 0 Å². The Morgan fingerprint density at radius 1 is 1.35 bits per heavy atom. The highest BCUT2D eigenvalue weighted by atomic mass is 79.9. The number of ether oxygens (including phenoxy) is 1. The SMILES string of the molecule is CCC(C)N(CC)CCOc1cccc(Br)c1. The molecule has 3 heteroatoms. The number of hydrogen-bond acceptors (Lipinski definition) is 2. The molecule has 0 amide bonds. The Morgan fingerprint density at radius 2 is 2.12 bits per heavy atom. The van der Waals surface area contributed by atoms with Gasteiger partial charge in [0, 0.05) is 17.1 Å². The van der Waals surface area contributed by atoms with Crippen LogP contribution in [0.2, 0.25) is 0 Å². The fraction of sp³-hybridized carbons (Fsp3) is 0.571. The van der Waals surface area contributed by atoms with E-state index in [2.05, 4.69) is 41.6 Å². The van der Waals surface area contributed by atoms with E-state index in [9.17, 15) is 0 Å². The number of likely N-dealkylation sites (N-methyl/N-ethyl adjacent to an activating group) is 1. The van der Waals surface area contributed by atoms with Gasteiger partial charge < -0.3 is 4.74 Å². The first-order chi connectivity index (χ1) is 8.17. The van der Waals surface area contributed by atoms with E-state index < -0.39 is 0 Å². The third-order valence-corrected chi connectivity index (χ3v) is 3.56. The van der Waals surface area contributed by atoms with Crippen molar-refractivity contribution < 1.29 is 4.74 Å². The van der Waals surface area contributed by atoms with E-state index >= 15 is 0 Å². The summed E-state index contributed by atoms with van der Waals surface area (Å²) in [7, 11) is 0. The molecule has 2 nitrogen and oxygen atoms in total. The summed E-state index contributed by atoms with van der Waals surface area (Å²) in [6.45, 7) is 9.50. The van der Waals surface area contributed by atoms with Gasteiger partial charge in [0.05, 0.1) is 0 Å². The van der Waals surface area contributed by atoms with Crippen molar-refractivity contribution in [3.8, 4) is 5.75 Å². The molecule has 1 unspecified atom stereocenters. The molecular formula is C14H22BrNO. The molecule has 0 aliphatic heterocycles. The minimum absolute atomic E-state index is 0.631. The molecule has 0 saturated heterocycles. The molecule has 0 saturated carbocycles. The summed E-state index contributed by atoms with van der Waals surface area (Å²) in [6.07, 6.45) is 1.19. The highest BCUT2D eigenvalue weighted by Crippen LogP contribution is 2.17. The lowest BCUT2D eigenvalue weighted by molar-refractivity contribution is 0.171. The molecule has 1 aromatic carbocycles. The highest BCUT2D eigenvalue weighted by Gasteiger charge is 2.09. The van der Waals surface area contributed by atoms with Crippen molar-refractivity contribution in [1.82, 2.24) is 4.90 Å². The van der Waals surface area contributed by atoms with Crippen LogP contribution in [0.1, 0.15) is 27.2 Å². The molecule has 17 heavy (non-hydrogen) atoms. The zero-order chi connectivity index (χ0) is 12.7. The lowest BCUT2D eigenvalue weighted by Gasteiger charge is -2.26. The molecule has 96 valence electrons. The van der Waals surface area contributed by atoms with Crippen molar-refractivity contribution in [3.63, 3.8) is 0 Å². The number of nitrogens with zero attached hydrogens (tertiary/aromatic N) is 1. The van der Waals surface area contributed by atoms with Crippen LogP contribution >= 0.6 is 15.9 Å². The van der Waals surface area contributed by atoms with Crippen LogP contribution in [0.3, 0.4) is 0 Å². The Labute approximate surface area is 113 Å². The zero-order valence-electron chi connectivity index (χ0n) is 10.9. The van der Waals surface area contributed by atoms with E-state index in [1.54, 1.807) is 0 Å². The fourth-order valence-electron chi connectivity index (χ4n) is 1.79. The Balaban J connectivity index is 2.36. The maximum Gasteiger partial charge on any atom is 0.120 e. The fourth-order valence-corrected chi connectivity index (χ4v) is 2.16. The van der Waals surface area contributed by atoms with E-state index in [-0.39, 0.29) is 0 Å². The molecule has 1 aromatic rings. The molecule has 1 atom stereocenters. The highest BCUT2D eigenvalue weighted by molar-refractivity contribution is 9.10. The maximum atomic E-state index is 5.74. The molecule has 0 aliphatic carbocycles. The van der Waals surface area contributed by atoms with Gasteiger partial charge in [-0.3, -0.25) is 4.90 Å². The lowest BCUT2D eigenvalue weighted by Crippen LogP contribution is -2.35. The first-order valence-corrected chi connectivity index (χ1v) is 7.09. The topological polar surface area (TPSA) is 12.5 Å². The van der Waals surface area contributed by atoms with Crippen LogP contribution in [0.15, 0.2) is 28.7 Å². The summed E-state index contributed by atoms with van der Waals surface area (Å²) < 4.78 is 6.80. The van der Waals surface area contributed by atoms with Crippen LogP contribution in [-0.2, 0) is 0 Å². The van der Waals surface area contributed by atoms with E-state index in [1.807, 2.05) is 24.3 Å². The number of benzene rings is 1.